The fourth-order valence-corrected chi connectivity index (χ4v) is 2.80. The Bertz CT molecular complexity index is 708. The van der Waals surface area contributed by atoms with E-state index in [1.807, 2.05) is 40.1 Å². The van der Waals surface area contributed by atoms with Gasteiger partial charge in [-0.15, -0.1) is 0 Å². The minimum Gasteiger partial charge on any atom is -0.336 e. The van der Waals surface area contributed by atoms with E-state index in [4.69, 9.17) is 0 Å². The van der Waals surface area contributed by atoms with Gasteiger partial charge in [0, 0.05) is 37.3 Å². The summed E-state index contributed by atoms with van der Waals surface area (Å²) in [5.41, 5.74) is 1.20. The molecule has 0 atom stereocenters. The average Bonchev–Trinajstić information content (AvgIpc) is 2.63. The standard InChI is InChI=1S/C19H19FN2O2/c20-17-8-6-15(7-9-17)18(23)14-21-10-12-22(13-11-21)19(24)16-4-2-1-3-5-16/h1-9H,10-14H2. The summed E-state index contributed by atoms with van der Waals surface area (Å²) >= 11 is 0. The van der Waals surface area contributed by atoms with Crippen LogP contribution in [0.2, 0.25) is 0 Å². The first-order valence-electron chi connectivity index (χ1n) is 7.99. The number of hydrogen-bond acceptors (Lipinski definition) is 3. The maximum absolute atomic E-state index is 12.9. The van der Waals surface area contributed by atoms with Crippen LogP contribution in [0.5, 0.6) is 0 Å². The maximum atomic E-state index is 12.9. The molecule has 0 saturated carbocycles. The number of hydrogen-bond donors (Lipinski definition) is 0. The van der Waals surface area contributed by atoms with E-state index >= 15 is 0 Å². The molecule has 0 spiro atoms. The second-order valence-corrected chi connectivity index (χ2v) is 5.86. The molecule has 0 aliphatic carbocycles. The SMILES string of the molecule is O=C(CN1CCN(C(=O)c2ccccc2)CC1)c1ccc(F)cc1. The molecule has 24 heavy (non-hydrogen) atoms. The van der Waals surface area contributed by atoms with Crippen LogP contribution in [0.3, 0.4) is 0 Å². The molecule has 0 unspecified atom stereocenters. The Morgan fingerprint density at radius 3 is 2.08 bits per heavy atom. The molecule has 1 aliphatic rings. The maximum Gasteiger partial charge on any atom is 0.253 e. The number of amides is 1. The van der Waals surface area contributed by atoms with Crippen LogP contribution in [-0.2, 0) is 0 Å². The number of benzene rings is 2. The highest BCUT2D eigenvalue weighted by atomic mass is 19.1. The Balaban J connectivity index is 1.53. The van der Waals surface area contributed by atoms with Crippen molar-refractivity contribution in [1.82, 2.24) is 9.80 Å². The smallest absolute Gasteiger partial charge is 0.253 e. The Morgan fingerprint density at radius 1 is 0.833 bits per heavy atom. The number of piperazine rings is 1. The molecule has 2 aromatic carbocycles. The van der Waals surface area contributed by atoms with Crippen molar-refractivity contribution in [3.8, 4) is 0 Å². The van der Waals surface area contributed by atoms with E-state index in [1.165, 1.54) is 24.3 Å². The second kappa shape index (κ2) is 7.36. The summed E-state index contributed by atoms with van der Waals surface area (Å²) < 4.78 is 12.9. The number of ketones is 1. The number of rotatable bonds is 4. The molecule has 1 fully saturated rings. The van der Waals surface area contributed by atoms with Crippen molar-refractivity contribution in [3.63, 3.8) is 0 Å². The van der Waals surface area contributed by atoms with Gasteiger partial charge in [0.2, 0.25) is 0 Å². The van der Waals surface area contributed by atoms with Crippen LogP contribution in [0.4, 0.5) is 4.39 Å². The van der Waals surface area contributed by atoms with Crippen LogP contribution in [-0.4, -0.2) is 54.2 Å². The van der Waals surface area contributed by atoms with Crippen molar-refractivity contribution in [2.75, 3.05) is 32.7 Å². The third kappa shape index (κ3) is 3.86. The zero-order valence-electron chi connectivity index (χ0n) is 13.3. The Hall–Kier alpha value is -2.53. The van der Waals surface area contributed by atoms with Crippen molar-refractivity contribution in [2.45, 2.75) is 0 Å². The van der Waals surface area contributed by atoms with Crippen LogP contribution in [0.15, 0.2) is 54.6 Å². The van der Waals surface area contributed by atoms with Gasteiger partial charge in [0.1, 0.15) is 5.82 Å². The number of nitrogens with zero attached hydrogens (tertiary/aromatic N) is 2. The molecule has 1 amide bonds. The van der Waals surface area contributed by atoms with Crippen molar-refractivity contribution < 1.29 is 14.0 Å². The van der Waals surface area contributed by atoms with Crippen molar-refractivity contribution >= 4 is 11.7 Å². The van der Waals surface area contributed by atoms with E-state index in [2.05, 4.69) is 0 Å². The van der Waals surface area contributed by atoms with E-state index in [1.54, 1.807) is 0 Å². The highest BCUT2D eigenvalue weighted by Crippen LogP contribution is 2.10. The lowest BCUT2D eigenvalue weighted by molar-refractivity contribution is 0.0624. The first-order chi connectivity index (χ1) is 11.6. The molecule has 5 heteroatoms. The lowest BCUT2D eigenvalue weighted by Gasteiger charge is -2.34. The van der Waals surface area contributed by atoms with Gasteiger partial charge in [-0.2, -0.15) is 0 Å². The van der Waals surface area contributed by atoms with Crippen molar-refractivity contribution in [3.05, 3.63) is 71.5 Å². The molecule has 1 heterocycles. The molecule has 0 N–H and O–H groups in total. The molecular formula is C19H19FN2O2. The van der Waals surface area contributed by atoms with Gasteiger partial charge in [-0.05, 0) is 36.4 Å². The van der Waals surface area contributed by atoms with Crippen molar-refractivity contribution in [1.29, 1.82) is 0 Å². The quantitative estimate of drug-likeness (QED) is 0.811. The summed E-state index contributed by atoms with van der Waals surface area (Å²) in [7, 11) is 0. The monoisotopic (exact) mass is 326 g/mol. The summed E-state index contributed by atoms with van der Waals surface area (Å²) in [6.45, 7) is 2.81. The van der Waals surface area contributed by atoms with E-state index in [9.17, 15) is 14.0 Å². The van der Waals surface area contributed by atoms with Crippen LogP contribution < -0.4 is 0 Å². The lowest BCUT2D eigenvalue weighted by Crippen LogP contribution is -2.49. The first-order valence-corrected chi connectivity index (χ1v) is 7.99. The molecule has 1 saturated heterocycles. The van der Waals surface area contributed by atoms with E-state index < -0.39 is 0 Å². The Morgan fingerprint density at radius 2 is 1.46 bits per heavy atom. The second-order valence-electron chi connectivity index (χ2n) is 5.86. The van der Waals surface area contributed by atoms with Gasteiger partial charge in [0.25, 0.3) is 5.91 Å². The van der Waals surface area contributed by atoms with E-state index in [-0.39, 0.29) is 17.5 Å². The first kappa shape index (κ1) is 16.3. The van der Waals surface area contributed by atoms with Gasteiger partial charge in [-0.1, -0.05) is 18.2 Å². The molecule has 4 nitrogen and oxygen atoms in total. The highest BCUT2D eigenvalue weighted by Gasteiger charge is 2.23. The molecule has 0 aromatic heterocycles. The zero-order valence-corrected chi connectivity index (χ0v) is 13.3. The van der Waals surface area contributed by atoms with Gasteiger partial charge in [0.15, 0.2) is 5.78 Å². The Labute approximate surface area is 140 Å². The number of carbonyl (C=O) groups excluding carboxylic acids is 2. The third-order valence-corrected chi connectivity index (χ3v) is 4.21. The van der Waals surface area contributed by atoms with Crippen LogP contribution in [0, 0.1) is 5.82 Å². The number of halogens is 1. The minimum absolute atomic E-state index is 0.0279. The van der Waals surface area contributed by atoms with Gasteiger partial charge in [0.05, 0.1) is 6.54 Å². The highest BCUT2D eigenvalue weighted by molar-refractivity contribution is 5.97. The summed E-state index contributed by atoms with van der Waals surface area (Å²) in [5, 5.41) is 0. The average molecular weight is 326 g/mol. The topological polar surface area (TPSA) is 40.6 Å². The largest absolute Gasteiger partial charge is 0.336 e. The zero-order chi connectivity index (χ0) is 16.9. The predicted octanol–water partition coefficient (Wildman–Crippen LogP) is 2.47. The fraction of sp³-hybridized carbons (Fsp3) is 0.263. The lowest BCUT2D eigenvalue weighted by atomic mass is 10.1. The van der Waals surface area contributed by atoms with Crippen LogP contribution in [0.25, 0.3) is 0 Å². The molecule has 124 valence electrons. The summed E-state index contributed by atoms with van der Waals surface area (Å²) in [6.07, 6.45) is 0. The molecule has 0 bridgehead atoms. The molecule has 2 aromatic rings. The molecule has 3 rings (SSSR count). The minimum atomic E-state index is -0.348. The van der Waals surface area contributed by atoms with Gasteiger partial charge in [-0.25, -0.2) is 4.39 Å². The van der Waals surface area contributed by atoms with Gasteiger partial charge in [-0.3, -0.25) is 14.5 Å². The van der Waals surface area contributed by atoms with E-state index in [0.29, 0.717) is 43.9 Å². The Kier molecular flexibility index (Phi) is 5.01. The number of Topliss-reactive ketones (excluding diaryl/α,β-unsaturated/α-hetero) is 1. The summed E-state index contributed by atoms with van der Waals surface area (Å²) in [4.78, 5) is 28.4. The summed E-state index contributed by atoms with van der Waals surface area (Å²) in [5.74, 6) is -0.350. The normalized spacial score (nSPS) is 15.3. The van der Waals surface area contributed by atoms with E-state index in [0.717, 1.165) is 0 Å². The van der Waals surface area contributed by atoms with Crippen LogP contribution in [0.1, 0.15) is 20.7 Å². The van der Waals surface area contributed by atoms with Gasteiger partial charge >= 0.3 is 0 Å². The van der Waals surface area contributed by atoms with Gasteiger partial charge < -0.3 is 4.90 Å². The fourth-order valence-electron chi connectivity index (χ4n) is 2.80. The molecule has 1 aliphatic heterocycles. The predicted molar refractivity (Wildman–Crippen MR) is 89.5 cm³/mol. The summed E-state index contributed by atoms with van der Waals surface area (Å²) in [6, 6.07) is 14.8. The molecular weight excluding hydrogens is 307 g/mol. The molecule has 0 radical (unpaired) electrons. The number of carbonyl (C=O) groups is 2. The van der Waals surface area contributed by atoms with Crippen LogP contribution >= 0.6 is 0 Å². The third-order valence-electron chi connectivity index (χ3n) is 4.21. The van der Waals surface area contributed by atoms with Crippen molar-refractivity contribution in [2.24, 2.45) is 0 Å².